The van der Waals surface area contributed by atoms with Crippen LogP contribution in [0.25, 0.3) is 12.2 Å². The van der Waals surface area contributed by atoms with Gasteiger partial charge in [-0.3, -0.25) is 0 Å². The molecule has 2 atom stereocenters. The number of rotatable bonds is 3. The molecular formula is C22H25Cl2HfSi. The molecule has 2 aliphatic carbocycles. The monoisotopic (exact) mass is 567 g/mol. The van der Waals surface area contributed by atoms with Gasteiger partial charge < -0.3 is 24.8 Å². The molecule has 2 aliphatic rings. The van der Waals surface area contributed by atoms with Crippen molar-refractivity contribution in [1.29, 1.82) is 0 Å². The molecule has 0 radical (unpaired) electrons. The Morgan fingerprint density at radius 2 is 1.15 bits per heavy atom. The van der Waals surface area contributed by atoms with Crippen molar-refractivity contribution in [1.82, 2.24) is 0 Å². The summed E-state index contributed by atoms with van der Waals surface area (Å²) in [7, 11) is 0. The molecule has 0 bridgehead atoms. The van der Waals surface area contributed by atoms with Gasteiger partial charge in [0.25, 0.3) is 0 Å². The van der Waals surface area contributed by atoms with Crippen LogP contribution in [0.3, 0.4) is 0 Å². The van der Waals surface area contributed by atoms with E-state index in [1.54, 1.807) is 11.1 Å². The third-order valence-electron chi connectivity index (χ3n) is 5.48. The summed E-state index contributed by atoms with van der Waals surface area (Å²) in [4.78, 5) is 0. The molecule has 0 aliphatic heterocycles. The van der Waals surface area contributed by atoms with Crippen LogP contribution in [0, 0.1) is 13.8 Å². The number of fused-ring (bicyclic) bond motifs is 2. The molecule has 0 fully saturated rings. The Morgan fingerprint density at radius 1 is 0.731 bits per heavy atom. The van der Waals surface area contributed by atoms with E-state index in [4.69, 9.17) is 0 Å². The van der Waals surface area contributed by atoms with Gasteiger partial charge in [-0.25, -0.2) is 0 Å². The van der Waals surface area contributed by atoms with E-state index in [-0.39, 0.29) is 24.8 Å². The van der Waals surface area contributed by atoms with E-state index in [2.05, 4.69) is 87.6 Å². The molecule has 26 heavy (non-hydrogen) atoms. The van der Waals surface area contributed by atoms with Crippen molar-refractivity contribution in [2.45, 2.75) is 34.3 Å². The fourth-order valence-electron chi connectivity index (χ4n) is 4.34. The normalized spacial score (nSPS) is 19.0. The zero-order valence-electron chi connectivity index (χ0n) is 15.8. The van der Waals surface area contributed by atoms with Crippen LogP contribution in [-0.2, 0) is 20.6 Å². The summed E-state index contributed by atoms with van der Waals surface area (Å²) in [5.41, 5.74) is 9.02. The first kappa shape index (κ1) is 21.9. The van der Waals surface area contributed by atoms with Gasteiger partial charge in [0.15, 0.2) is 0 Å². The van der Waals surface area contributed by atoms with Crippen molar-refractivity contribution in [3.63, 3.8) is 0 Å². The molecular weight excluding hydrogens is 542 g/mol. The molecule has 2 unspecified atom stereocenters. The Bertz CT molecular complexity index is 790. The van der Waals surface area contributed by atoms with Crippen LogP contribution >= 0.6 is 0 Å². The Morgan fingerprint density at radius 3 is 1.54 bits per heavy atom. The van der Waals surface area contributed by atoms with Gasteiger partial charge in [-0.1, -0.05) is 0 Å². The molecule has 0 spiro atoms. The summed E-state index contributed by atoms with van der Waals surface area (Å²) < 4.78 is 1.58. The maximum absolute atomic E-state index is 2.61. The van der Waals surface area contributed by atoms with E-state index in [0.717, 1.165) is 7.35 Å². The number of allylic oxidation sites excluding steroid dienone is 2. The average molecular weight is 567 g/mol. The van der Waals surface area contributed by atoms with E-state index in [0.29, 0.717) is 0 Å². The van der Waals surface area contributed by atoms with Crippen molar-refractivity contribution in [3.8, 4) is 0 Å². The largest absolute Gasteiger partial charge is 1.00 e. The summed E-state index contributed by atoms with van der Waals surface area (Å²) >= 11 is -1.86. The Labute approximate surface area is 178 Å². The summed E-state index contributed by atoms with van der Waals surface area (Å²) in [6, 6.07) is 14.2. The average Bonchev–Trinajstić information content (AvgIpc) is 3.12. The minimum Gasteiger partial charge on any atom is -1.00 e. The Kier molecular flexibility index (Phi) is 7.35. The zero-order valence-corrected chi connectivity index (χ0v) is 22.0. The van der Waals surface area contributed by atoms with Crippen molar-refractivity contribution in [2.75, 3.05) is 0 Å². The molecule has 0 saturated carbocycles. The first-order valence-electron chi connectivity index (χ1n) is 8.98. The number of benzene rings is 2. The number of hydrogen-bond donors (Lipinski definition) is 0. The second-order valence-corrected chi connectivity index (χ2v) is 35.9. The molecule has 0 aromatic heterocycles. The van der Waals surface area contributed by atoms with Gasteiger partial charge in [0, 0.05) is 0 Å². The van der Waals surface area contributed by atoms with Crippen LogP contribution in [0.4, 0.5) is 0 Å². The second kappa shape index (κ2) is 8.73. The van der Waals surface area contributed by atoms with Crippen LogP contribution in [0.1, 0.15) is 40.7 Å². The van der Waals surface area contributed by atoms with Gasteiger partial charge in [0.1, 0.15) is 0 Å². The van der Waals surface area contributed by atoms with Crippen LogP contribution in [0.15, 0.2) is 48.6 Å². The molecule has 4 heteroatoms. The van der Waals surface area contributed by atoms with Crippen LogP contribution in [-0.4, -0.2) is 5.98 Å². The predicted molar refractivity (Wildman–Crippen MR) is 105 cm³/mol. The topological polar surface area (TPSA) is 0 Å². The third kappa shape index (κ3) is 3.89. The SMILES string of the molecule is Cc1ccc2c(c1)C=C[CH]2[Hf+2]([CH]1C=Cc2cc(C)ccc21)[SiH](C)C.[Cl-].[Cl-]. The maximum Gasteiger partial charge on any atom is -1.00 e. The van der Waals surface area contributed by atoms with E-state index < -0.39 is 26.6 Å². The summed E-state index contributed by atoms with van der Waals surface area (Å²) in [5, 5.41) is 0. The fourth-order valence-corrected chi connectivity index (χ4v) is 34.2. The van der Waals surface area contributed by atoms with Crippen LogP contribution < -0.4 is 24.8 Å². The van der Waals surface area contributed by atoms with Crippen molar-refractivity contribution >= 4 is 18.1 Å². The summed E-state index contributed by atoms with van der Waals surface area (Å²) in [6.07, 6.45) is 9.95. The van der Waals surface area contributed by atoms with E-state index in [1.165, 1.54) is 22.3 Å². The molecule has 0 nitrogen and oxygen atoms in total. The summed E-state index contributed by atoms with van der Waals surface area (Å²) in [6.45, 7) is 9.64. The standard InChI is InChI=1S/2C10H9.C2H7Si.2ClH.Hf/c2*1-8-5-6-9-3-2-4-10(9)7-8;1-3-2;;;/h2*2-7H,1H3;3H,1-2H3;2*1H;/q;;;;;+2/p-2. The first-order chi connectivity index (χ1) is 11.5. The molecule has 4 rings (SSSR count). The molecule has 2 aromatic rings. The van der Waals surface area contributed by atoms with Gasteiger partial charge in [0.2, 0.25) is 0 Å². The Balaban J connectivity index is 0.00000121. The maximum atomic E-state index is 2.61. The van der Waals surface area contributed by atoms with Crippen LogP contribution in [0.5, 0.6) is 0 Å². The van der Waals surface area contributed by atoms with Gasteiger partial charge in [-0.2, -0.15) is 0 Å². The van der Waals surface area contributed by atoms with E-state index in [1.807, 2.05) is 0 Å². The number of aryl methyl sites for hydroxylation is 2. The first-order valence-corrected chi connectivity index (χ1v) is 22.2. The minimum atomic E-state index is -1.86. The zero-order chi connectivity index (χ0) is 16.8. The minimum absolute atomic E-state index is 0. The van der Waals surface area contributed by atoms with E-state index in [9.17, 15) is 0 Å². The van der Waals surface area contributed by atoms with Crippen molar-refractivity contribution in [2.24, 2.45) is 0 Å². The molecule has 0 N–H and O–H groups in total. The number of halogens is 2. The third-order valence-corrected chi connectivity index (χ3v) is 35.8. The van der Waals surface area contributed by atoms with Crippen molar-refractivity contribution < 1.29 is 45.4 Å². The van der Waals surface area contributed by atoms with Gasteiger partial charge in [-0.15, -0.1) is 0 Å². The van der Waals surface area contributed by atoms with Gasteiger partial charge in [-0.05, 0) is 0 Å². The summed E-state index contributed by atoms with van der Waals surface area (Å²) in [5.74, 6) is -0.624. The van der Waals surface area contributed by atoms with Crippen molar-refractivity contribution in [3.05, 3.63) is 81.9 Å². The predicted octanol–water partition coefficient (Wildman–Crippen LogP) is -0.251. The Hall–Kier alpha value is -0.413. The second-order valence-electron chi connectivity index (χ2n) is 7.59. The van der Waals surface area contributed by atoms with Gasteiger partial charge >= 0.3 is 155 Å². The molecule has 2 aromatic carbocycles. The molecule has 0 heterocycles. The fraction of sp³-hybridized carbons (Fsp3) is 0.273. The van der Waals surface area contributed by atoms with E-state index >= 15 is 0 Å². The number of hydrogen-bond acceptors (Lipinski definition) is 0. The smallest absolute Gasteiger partial charge is 1.00 e. The van der Waals surface area contributed by atoms with Gasteiger partial charge in [0.05, 0.1) is 0 Å². The molecule has 0 amide bonds. The quantitative estimate of drug-likeness (QED) is 0.450. The van der Waals surface area contributed by atoms with Crippen LogP contribution in [0.2, 0.25) is 13.1 Å². The molecule has 135 valence electrons. The molecule has 0 saturated heterocycles.